The van der Waals surface area contributed by atoms with Crippen LogP contribution >= 0.6 is 15.9 Å². The van der Waals surface area contributed by atoms with Crippen LogP contribution in [0.25, 0.3) is 11.4 Å². The van der Waals surface area contributed by atoms with Crippen molar-refractivity contribution in [1.29, 1.82) is 0 Å². The lowest BCUT2D eigenvalue weighted by atomic mass is 10.2. The third-order valence-electron chi connectivity index (χ3n) is 3.13. The SMILES string of the molecule is C[C@H]1CCc2c(Br)c(-c3ccc(F)cn3)nn21. The van der Waals surface area contributed by atoms with Crippen LogP contribution in [0.4, 0.5) is 4.39 Å². The molecule has 1 atom stereocenters. The minimum atomic E-state index is -0.329. The number of hydrogen-bond donors (Lipinski definition) is 0. The zero-order valence-electron chi connectivity index (χ0n) is 9.32. The van der Waals surface area contributed by atoms with E-state index in [0.29, 0.717) is 11.7 Å². The van der Waals surface area contributed by atoms with E-state index in [2.05, 4.69) is 32.9 Å². The summed E-state index contributed by atoms with van der Waals surface area (Å²) >= 11 is 3.57. The lowest BCUT2D eigenvalue weighted by molar-refractivity contribution is 0.522. The van der Waals surface area contributed by atoms with Crippen LogP contribution in [0.2, 0.25) is 0 Å². The molecule has 0 aromatic carbocycles. The van der Waals surface area contributed by atoms with E-state index in [0.717, 1.165) is 23.0 Å². The van der Waals surface area contributed by atoms with Crippen LogP contribution in [0.5, 0.6) is 0 Å². The molecule has 0 amide bonds. The standard InChI is InChI=1S/C12H11BrFN3/c1-7-2-5-10-11(13)12(16-17(7)10)9-4-3-8(14)6-15-9/h3-4,6-7H,2,5H2,1H3/t7-/m0/s1. The Morgan fingerprint density at radius 1 is 1.47 bits per heavy atom. The molecule has 0 fully saturated rings. The van der Waals surface area contributed by atoms with E-state index in [9.17, 15) is 4.39 Å². The number of pyridine rings is 1. The molecule has 3 heterocycles. The molecule has 3 nitrogen and oxygen atoms in total. The third kappa shape index (κ3) is 1.69. The largest absolute Gasteiger partial charge is 0.265 e. The smallest absolute Gasteiger partial charge is 0.141 e. The molecule has 0 unspecified atom stereocenters. The quantitative estimate of drug-likeness (QED) is 0.808. The molecular formula is C12H11BrFN3. The van der Waals surface area contributed by atoms with Crippen molar-refractivity contribution in [2.75, 3.05) is 0 Å². The maximum atomic E-state index is 12.8. The Balaban J connectivity index is 2.10. The van der Waals surface area contributed by atoms with Gasteiger partial charge in [-0.3, -0.25) is 9.67 Å². The highest BCUT2D eigenvalue weighted by Gasteiger charge is 2.25. The van der Waals surface area contributed by atoms with Crippen molar-refractivity contribution < 1.29 is 4.39 Å². The summed E-state index contributed by atoms with van der Waals surface area (Å²) in [5, 5.41) is 4.56. The Morgan fingerprint density at radius 2 is 2.29 bits per heavy atom. The summed E-state index contributed by atoms with van der Waals surface area (Å²) in [6.45, 7) is 2.15. The first kappa shape index (κ1) is 10.9. The topological polar surface area (TPSA) is 30.7 Å². The second-order valence-corrected chi connectivity index (χ2v) is 5.10. The average Bonchev–Trinajstić information content (AvgIpc) is 2.83. The van der Waals surface area contributed by atoms with Crippen LogP contribution in [0.1, 0.15) is 25.1 Å². The van der Waals surface area contributed by atoms with Crippen molar-refractivity contribution in [2.45, 2.75) is 25.8 Å². The number of hydrogen-bond acceptors (Lipinski definition) is 2. The van der Waals surface area contributed by atoms with Gasteiger partial charge < -0.3 is 0 Å². The van der Waals surface area contributed by atoms with Crippen molar-refractivity contribution in [1.82, 2.24) is 14.8 Å². The maximum absolute atomic E-state index is 12.8. The summed E-state index contributed by atoms with van der Waals surface area (Å²) in [7, 11) is 0. The highest BCUT2D eigenvalue weighted by molar-refractivity contribution is 9.10. The molecule has 2 aromatic rings. The van der Waals surface area contributed by atoms with Crippen LogP contribution in [0, 0.1) is 5.82 Å². The van der Waals surface area contributed by atoms with Crippen molar-refractivity contribution >= 4 is 15.9 Å². The number of nitrogens with zero attached hydrogens (tertiary/aromatic N) is 3. The van der Waals surface area contributed by atoms with Gasteiger partial charge in [-0.05, 0) is 47.8 Å². The van der Waals surface area contributed by atoms with Crippen LogP contribution in [-0.4, -0.2) is 14.8 Å². The molecule has 1 aliphatic heterocycles. The summed E-state index contributed by atoms with van der Waals surface area (Å²) in [4.78, 5) is 4.07. The van der Waals surface area contributed by atoms with E-state index in [1.54, 1.807) is 6.07 Å². The van der Waals surface area contributed by atoms with Crippen molar-refractivity contribution in [3.63, 3.8) is 0 Å². The van der Waals surface area contributed by atoms with Gasteiger partial charge in [0.2, 0.25) is 0 Å². The Kier molecular flexibility index (Phi) is 2.50. The highest BCUT2D eigenvalue weighted by Crippen LogP contribution is 2.36. The lowest BCUT2D eigenvalue weighted by Gasteiger charge is -2.03. The molecule has 0 radical (unpaired) electrons. The van der Waals surface area contributed by atoms with Gasteiger partial charge in [0.05, 0.1) is 22.1 Å². The van der Waals surface area contributed by atoms with E-state index >= 15 is 0 Å². The summed E-state index contributed by atoms with van der Waals surface area (Å²) in [5.41, 5.74) is 2.71. The molecule has 2 aromatic heterocycles. The summed E-state index contributed by atoms with van der Waals surface area (Å²) < 4.78 is 15.8. The molecule has 1 aliphatic rings. The third-order valence-corrected chi connectivity index (χ3v) is 3.97. The van der Waals surface area contributed by atoms with Gasteiger partial charge in [-0.25, -0.2) is 4.39 Å². The second-order valence-electron chi connectivity index (χ2n) is 4.30. The van der Waals surface area contributed by atoms with Gasteiger partial charge in [0.1, 0.15) is 11.5 Å². The van der Waals surface area contributed by atoms with Gasteiger partial charge in [0.25, 0.3) is 0 Å². The second kappa shape index (κ2) is 3.91. The van der Waals surface area contributed by atoms with Gasteiger partial charge in [-0.15, -0.1) is 0 Å². The van der Waals surface area contributed by atoms with Crippen molar-refractivity contribution in [2.24, 2.45) is 0 Å². The molecule has 88 valence electrons. The molecule has 0 aliphatic carbocycles. The first-order valence-electron chi connectivity index (χ1n) is 5.55. The maximum Gasteiger partial charge on any atom is 0.141 e. The van der Waals surface area contributed by atoms with Crippen LogP contribution < -0.4 is 0 Å². The van der Waals surface area contributed by atoms with Gasteiger partial charge in [0, 0.05) is 6.04 Å². The van der Waals surface area contributed by atoms with Gasteiger partial charge in [-0.2, -0.15) is 5.10 Å². The number of rotatable bonds is 1. The first-order valence-corrected chi connectivity index (χ1v) is 6.35. The lowest BCUT2D eigenvalue weighted by Crippen LogP contribution is -2.01. The molecule has 0 bridgehead atoms. The molecule has 5 heteroatoms. The van der Waals surface area contributed by atoms with Gasteiger partial charge >= 0.3 is 0 Å². The van der Waals surface area contributed by atoms with Gasteiger partial charge in [0.15, 0.2) is 0 Å². The van der Waals surface area contributed by atoms with Crippen LogP contribution in [0.15, 0.2) is 22.8 Å². The fraction of sp³-hybridized carbons (Fsp3) is 0.333. The van der Waals surface area contributed by atoms with Crippen LogP contribution in [-0.2, 0) is 6.42 Å². The normalized spacial score (nSPS) is 18.4. The zero-order chi connectivity index (χ0) is 12.0. The minimum Gasteiger partial charge on any atom is -0.265 e. The summed E-state index contributed by atoms with van der Waals surface area (Å²) in [5.74, 6) is -0.329. The molecule has 3 rings (SSSR count). The van der Waals surface area contributed by atoms with Gasteiger partial charge in [-0.1, -0.05) is 0 Å². The van der Waals surface area contributed by atoms with E-state index in [1.807, 2.05) is 4.68 Å². The van der Waals surface area contributed by atoms with Crippen molar-refractivity contribution in [3.05, 3.63) is 34.3 Å². The zero-order valence-corrected chi connectivity index (χ0v) is 10.9. The summed E-state index contributed by atoms with van der Waals surface area (Å²) in [6, 6.07) is 3.49. The minimum absolute atomic E-state index is 0.329. The molecule has 0 saturated heterocycles. The Bertz CT molecular complexity index is 562. The fourth-order valence-electron chi connectivity index (χ4n) is 2.19. The highest BCUT2D eigenvalue weighted by atomic mass is 79.9. The van der Waals surface area contributed by atoms with E-state index in [-0.39, 0.29) is 5.82 Å². The average molecular weight is 296 g/mol. The van der Waals surface area contributed by atoms with E-state index in [4.69, 9.17) is 0 Å². The van der Waals surface area contributed by atoms with E-state index in [1.165, 1.54) is 18.0 Å². The molecule has 17 heavy (non-hydrogen) atoms. The fourth-order valence-corrected chi connectivity index (χ4v) is 2.85. The predicted octanol–water partition coefficient (Wildman–Crippen LogP) is 3.35. The van der Waals surface area contributed by atoms with Crippen LogP contribution in [0.3, 0.4) is 0 Å². The number of aromatic nitrogens is 3. The molecular weight excluding hydrogens is 285 g/mol. The van der Waals surface area contributed by atoms with Crippen molar-refractivity contribution in [3.8, 4) is 11.4 Å². The molecule has 0 saturated carbocycles. The Labute approximate surface area is 107 Å². The molecule has 0 spiro atoms. The Morgan fingerprint density at radius 3 is 2.94 bits per heavy atom. The monoisotopic (exact) mass is 295 g/mol. The first-order chi connectivity index (χ1) is 8.16. The molecule has 0 N–H and O–H groups in total. The Hall–Kier alpha value is -1.23. The summed E-state index contributed by atoms with van der Waals surface area (Å²) in [6.07, 6.45) is 3.36. The predicted molar refractivity (Wildman–Crippen MR) is 66.1 cm³/mol. The number of fused-ring (bicyclic) bond motifs is 1. The van der Waals surface area contributed by atoms with E-state index < -0.39 is 0 Å². The number of halogens is 2.